The maximum atomic E-state index is 5.32. The van der Waals surface area contributed by atoms with Crippen molar-refractivity contribution in [1.29, 1.82) is 0 Å². The van der Waals surface area contributed by atoms with Crippen molar-refractivity contribution in [2.24, 2.45) is 0 Å². The van der Waals surface area contributed by atoms with Crippen LogP contribution < -0.4 is 0 Å². The Kier molecular flexibility index (Phi) is 5.63. The molecule has 0 N–H and O–H groups in total. The molecule has 1 heterocycles. The minimum atomic E-state index is 0.839. The van der Waals surface area contributed by atoms with Gasteiger partial charge >= 0.3 is 0 Å². The summed E-state index contributed by atoms with van der Waals surface area (Å²) < 4.78 is 0. The number of pyridine rings is 1. The molecule has 4 aromatic carbocycles. The molecular weight excluding hydrogens is 386 g/mol. The first-order valence-electron chi connectivity index (χ1n) is 11.0. The average Bonchev–Trinajstić information content (AvgIpc) is 2.86. The van der Waals surface area contributed by atoms with Crippen LogP contribution in [0.15, 0.2) is 121 Å². The van der Waals surface area contributed by atoms with Gasteiger partial charge in [0.1, 0.15) is 0 Å². The topological polar surface area (TPSA) is 12.9 Å². The normalized spacial score (nSPS) is 10.8. The van der Waals surface area contributed by atoms with Crippen molar-refractivity contribution >= 4 is 0 Å². The van der Waals surface area contributed by atoms with Crippen LogP contribution >= 0.6 is 0 Å². The lowest BCUT2D eigenvalue weighted by Crippen LogP contribution is -2.00. The second-order valence-electron chi connectivity index (χ2n) is 8.15. The van der Waals surface area contributed by atoms with Gasteiger partial charge in [-0.2, -0.15) is 0 Å². The molecule has 0 radical (unpaired) electrons. The van der Waals surface area contributed by atoms with Crippen molar-refractivity contribution in [2.45, 2.75) is 13.3 Å². The van der Waals surface area contributed by atoms with Crippen LogP contribution in [-0.2, 0) is 6.42 Å². The minimum Gasteiger partial charge on any atom is -0.247 e. The van der Waals surface area contributed by atoms with Crippen LogP contribution in [0.25, 0.3) is 33.6 Å². The minimum absolute atomic E-state index is 0.839. The highest BCUT2D eigenvalue weighted by Crippen LogP contribution is 2.36. The Balaban J connectivity index is 1.76. The van der Waals surface area contributed by atoms with E-state index < -0.39 is 0 Å². The summed E-state index contributed by atoms with van der Waals surface area (Å²) in [6, 6.07) is 42.8. The Morgan fingerprint density at radius 1 is 0.531 bits per heavy atom. The first-order chi connectivity index (χ1) is 15.8. The summed E-state index contributed by atoms with van der Waals surface area (Å²) in [6.07, 6.45) is 0.839. The van der Waals surface area contributed by atoms with Crippen molar-refractivity contribution in [3.8, 4) is 33.6 Å². The summed E-state index contributed by atoms with van der Waals surface area (Å²) in [5.41, 5.74) is 10.5. The van der Waals surface area contributed by atoms with Crippen LogP contribution in [0.5, 0.6) is 0 Å². The van der Waals surface area contributed by atoms with Gasteiger partial charge in [-0.25, -0.2) is 4.98 Å². The molecule has 1 aromatic heterocycles. The lowest BCUT2D eigenvalue weighted by molar-refractivity contribution is 1.15. The first kappa shape index (κ1) is 20.0. The molecular formula is C31H25N. The molecule has 1 heteroatoms. The molecule has 0 unspecified atom stereocenters. The molecule has 0 fully saturated rings. The molecule has 0 saturated carbocycles. The van der Waals surface area contributed by atoms with Crippen LogP contribution in [0.2, 0.25) is 0 Å². The number of rotatable bonds is 5. The molecule has 0 aliphatic carbocycles. The molecule has 0 bridgehead atoms. The van der Waals surface area contributed by atoms with E-state index in [2.05, 4.69) is 128 Å². The number of hydrogen-bond donors (Lipinski definition) is 0. The van der Waals surface area contributed by atoms with Gasteiger partial charge in [0.15, 0.2) is 0 Å². The number of aromatic nitrogens is 1. The maximum Gasteiger partial charge on any atom is 0.0788 e. The van der Waals surface area contributed by atoms with Crippen LogP contribution in [-0.4, -0.2) is 4.98 Å². The second kappa shape index (κ2) is 9.03. The van der Waals surface area contributed by atoms with E-state index in [0.717, 1.165) is 28.9 Å². The molecule has 32 heavy (non-hydrogen) atoms. The summed E-state index contributed by atoms with van der Waals surface area (Å²) in [5.74, 6) is 0. The van der Waals surface area contributed by atoms with Gasteiger partial charge < -0.3 is 0 Å². The quantitative estimate of drug-likeness (QED) is 0.286. The van der Waals surface area contributed by atoms with E-state index in [0.29, 0.717) is 0 Å². The smallest absolute Gasteiger partial charge is 0.0788 e. The monoisotopic (exact) mass is 411 g/mol. The van der Waals surface area contributed by atoms with E-state index in [1.807, 2.05) is 0 Å². The third kappa shape index (κ3) is 4.24. The predicted molar refractivity (Wildman–Crippen MR) is 135 cm³/mol. The Hall–Kier alpha value is -3.97. The van der Waals surface area contributed by atoms with Crippen molar-refractivity contribution < 1.29 is 0 Å². The van der Waals surface area contributed by atoms with Gasteiger partial charge in [-0.15, -0.1) is 0 Å². The Morgan fingerprint density at radius 3 is 1.69 bits per heavy atom. The highest BCUT2D eigenvalue weighted by Gasteiger charge is 2.16. The number of nitrogens with zero attached hydrogens (tertiary/aromatic N) is 1. The van der Waals surface area contributed by atoms with Gasteiger partial charge in [0.25, 0.3) is 0 Å². The SMILES string of the molecule is Cc1ccc(-c2nc(-c3ccccc3)c(Cc3ccccc3)cc2-c2ccccc2)cc1. The Morgan fingerprint density at radius 2 is 1.06 bits per heavy atom. The third-order valence-electron chi connectivity index (χ3n) is 5.80. The lowest BCUT2D eigenvalue weighted by atomic mass is 9.92. The highest BCUT2D eigenvalue weighted by atomic mass is 14.7. The van der Waals surface area contributed by atoms with E-state index in [1.165, 1.54) is 27.8 Å². The molecule has 0 amide bonds. The summed E-state index contributed by atoms with van der Waals surface area (Å²) in [7, 11) is 0. The van der Waals surface area contributed by atoms with Gasteiger partial charge in [0, 0.05) is 16.7 Å². The summed E-state index contributed by atoms with van der Waals surface area (Å²) >= 11 is 0. The van der Waals surface area contributed by atoms with E-state index in [9.17, 15) is 0 Å². The summed E-state index contributed by atoms with van der Waals surface area (Å²) in [4.78, 5) is 5.32. The van der Waals surface area contributed by atoms with Crippen LogP contribution in [0, 0.1) is 6.92 Å². The first-order valence-corrected chi connectivity index (χ1v) is 11.0. The Labute approximate surface area is 190 Å². The molecule has 0 aliphatic rings. The van der Waals surface area contributed by atoms with Gasteiger partial charge in [0.2, 0.25) is 0 Å². The molecule has 0 saturated heterocycles. The van der Waals surface area contributed by atoms with E-state index in [4.69, 9.17) is 4.98 Å². The molecule has 0 atom stereocenters. The average molecular weight is 412 g/mol. The summed E-state index contributed by atoms with van der Waals surface area (Å²) in [5, 5.41) is 0. The fraction of sp³-hybridized carbons (Fsp3) is 0.0645. The lowest BCUT2D eigenvalue weighted by Gasteiger charge is -2.17. The zero-order chi connectivity index (χ0) is 21.8. The molecule has 154 valence electrons. The molecule has 5 rings (SSSR count). The van der Waals surface area contributed by atoms with Crippen LogP contribution in [0.1, 0.15) is 16.7 Å². The number of aryl methyl sites for hydroxylation is 1. The van der Waals surface area contributed by atoms with E-state index >= 15 is 0 Å². The maximum absolute atomic E-state index is 5.32. The molecule has 0 spiro atoms. The fourth-order valence-corrected chi connectivity index (χ4v) is 4.12. The number of hydrogen-bond acceptors (Lipinski definition) is 1. The van der Waals surface area contributed by atoms with Crippen molar-refractivity contribution in [1.82, 2.24) is 4.98 Å². The summed E-state index contributed by atoms with van der Waals surface area (Å²) in [6.45, 7) is 2.12. The van der Waals surface area contributed by atoms with Gasteiger partial charge in [-0.1, -0.05) is 121 Å². The van der Waals surface area contributed by atoms with E-state index in [-0.39, 0.29) is 0 Å². The van der Waals surface area contributed by atoms with Gasteiger partial charge in [-0.05, 0) is 36.1 Å². The van der Waals surface area contributed by atoms with Gasteiger partial charge in [-0.3, -0.25) is 0 Å². The van der Waals surface area contributed by atoms with Crippen LogP contribution in [0.4, 0.5) is 0 Å². The second-order valence-corrected chi connectivity index (χ2v) is 8.15. The van der Waals surface area contributed by atoms with Crippen molar-refractivity contribution in [3.63, 3.8) is 0 Å². The Bertz CT molecular complexity index is 1310. The van der Waals surface area contributed by atoms with Crippen molar-refractivity contribution in [3.05, 3.63) is 138 Å². The molecule has 5 aromatic rings. The van der Waals surface area contributed by atoms with Crippen molar-refractivity contribution in [2.75, 3.05) is 0 Å². The van der Waals surface area contributed by atoms with Crippen LogP contribution in [0.3, 0.4) is 0 Å². The zero-order valence-corrected chi connectivity index (χ0v) is 18.2. The van der Waals surface area contributed by atoms with Gasteiger partial charge in [0.05, 0.1) is 11.4 Å². The fourth-order valence-electron chi connectivity index (χ4n) is 4.12. The standard InChI is InChI=1S/C31H25N/c1-23-17-19-27(20-18-23)31-29(25-13-7-3-8-14-25)22-28(21-24-11-5-2-6-12-24)30(32-31)26-15-9-4-10-16-26/h2-20,22H,21H2,1H3. The zero-order valence-electron chi connectivity index (χ0n) is 18.2. The predicted octanol–water partition coefficient (Wildman–Crippen LogP) is 7.98. The molecule has 0 aliphatic heterocycles. The third-order valence-corrected chi connectivity index (χ3v) is 5.80. The largest absolute Gasteiger partial charge is 0.247 e. The number of benzene rings is 4. The highest BCUT2D eigenvalue weighted by molar-refractivity contribution is 5.84. The van der Waals surface area contributed by atoms with E-state index in [1.54, 1.807) is 0 Å². The molecule has 1 nitrogen and oxygen atoms in total.